The number of carbonyl (C=O) groups is 3. The molecule has 2 aromatic carbocycles. The molecule has 2 rings (SSSR count). The maximum Gasteiger partial charge on any atom is 0.330 e. The monoisotopic (exact) mass is 339 g/mol. The van der Waals surface area contributed by atoms with Crippen molar-refractivity contribution < 1.29 is 19.5 Å². The van der Waals surface area contributed by atoms with Crippen LogP contribution >= 0.6 is 0 Å². The molecule has 0 aromatic heterocycles. The lowest BCUT2D eigenvalue weighted by molar-refractivity contribution is -0.142. The molecule has 0 fully saturated rings. The minimum Gasteiger partial charge on any atom is -0.479 e. The molecule has 0 heterocycles. The number of ketones is 1. The van der Waals surface area contributed by atoms with E-state index in [4.69, 9.17) is 0 Å². The number of hydrogen-bond acceptors (Lipinski definition) is 3. The Morgan fingerprint density at radius 2 is 1.60 bits per heavy atom. The third kappa shape index (κ3) is 5.28. The van der Waals surface area contributed by atoms with Crippen LogP contribution in [0.4, 0.5) is 0 Å². The predicted molar refractivity (Wildman–Crippen MR) is 94.3 cm³/mol. The molecule has 5 nitrogen and oxygen atoms in total. The van der Waals surface area contributed by atoms with Crippen LogP contribution in [0, 0.1) is 0 Å². The van der Waals surface area contributed by atoms with Gasteiger partial charge in [-0.3, -0.25) is 9.59 Å². The summed E-state index contributed by atoms with van der Waals surface area (Å²) >= 11 is 0. The number of rotatable bonds is 8. The van der Waals surface area contributed by atoms with Gasteiger partial charge in [-0.15, -0.1) is 0 Å². The van der Waals surface area contributed by atoms with Gasteiger partial charge in [-0.1, -0.05) is 61.5 Å². The summed E-state index contributed by atoms with van der Waals surface area (Å²) in [6.07, 6.45) is 0.885. The largest absolute Gasteiger partial charge is 0.479 e. The van der Waals surface area contributed by atoms with Gasteiger partial charge in [0.25, 0.3) is 0 Å². The van der Waals surface area contributed by atoms with Crippen molar-refractivity contribution in [3.05, 3.63) is 71.3 Å². The zero-order valence-electron chi connectivity index (χ0n) is 14.1. The molecule has 0 saturated carbocycles. The molecule has 5 heteroatoms. The number of Topliss-reactive ketones (excluding diaryl/α,β-unsaturated/α-hetero) is 1. The number of nitrogens with one attached hydrogen (secondary N) is 1. The quantitative estimate of drug-likeness (QED) is 0.724. The topological polar surface area (TPSA) is 83.5 Å². The van der Waals surface area contributed by atoms with Gasteiger partial charge < -0.3 is 10.4 Å². The highest BCUT2D eigenvalue weighted by atomic mass is 16.4. The van der Waals surface area contributed by atoms with Crippen LogP contribution in [0.3, 0.4) is 0 Å². The smallest absolute Gasteiger partial charge is 0.330 e. The van der Waals surface area contributed by atoms with Gasteiger partial charge in [0.15, 0.2) is 11.8 Å². The van der Waals surface area contributed by atoms with E-state index in [2.05, 4.69) is 5.32 Å². The van der Waals surface area contributed by atoms with Crippen molar-refractivity contribution in [2.24, 2.45) is 0 Å². The number of carboxylic acid groups (broad SMARTS) is 1. The van der Waals surface area contributed by atoms with Crippen molar-refractivity contribution in [1.29, 1.82) is 0 Å². The van der Waals surface area contributed by atoms with Gasteiger partial charge in [-0.05, 0) is 17.5 Å². The lowest BCUT2D eigenvalue weighted by Crippen LogP contribution is -2.33. The van der Waals surface area contributed by atoms with Crippen molar-refractivity contribution in [3.8, 4) is 0 Å². The van der Waals surface area contributed by atoms with Crippen molar-refractivity contribution in [2.45, 2.75) is 32.2 Å². The highest BCUT2D eigenvalue weighted by Gasteiger charge is 2.22. The molecule has 0 aliphatic rings. The maximum atomic E-state index is 12.1. The number of benzene rings is 2. The number of hydrogen-bond donors (Lipinski definition) is 2. The predicted octanol–water partition coefficient (Wildman–Crippen LogP) is 3.15. The third-order valence-electron chi connectivity index (χ3n) is 3.95. The van der Waals surface area contributed by atoms with E-state index in [1.165, 1.54) is 0 Å². The van der Waals surface area contributed by atoms with Crippen LogP contribution in [0.25, 0.3) is 0 Å². The van der Waals surface area contributed by atoms with Gasteiger partial charge in [0, 0.05) is 18.4 Å². The molecule has 0 radical (unpaired) electrons. The summed E-state index contributed by atoms with van der Waals surface area (Å²) in [5.41, 5.74) is 2.19. The Kier molecular flexibility index (Phi) is 6.46. The van der Waals surface area contributed by atoms with Gasteiger partial charge >= 0.3 is 5.97 Å². The lowest BCUT2D eigenvalue weighted by atomic mass is 10.0. The van der Waals surface area contributed by atoms with Crippen LogP contribution in [0.15, 0.2) is 54.6 Å². The van der Waals surface area contributed by atoms with Crippen molar-refractivity contribution in [2.75, 3.05) is 0 Å². The summed E-state index contributed by atoms with van der Waals surface area (Å²) in [6, 6.07) is 14.6. The van der Waals surface area contributed by atoms with Crippen molar-refractivity contribution in [3.63, 3.8) is 0 Å². The Hall–Kier alpha value is -2.95. The van der Waals surface area contributed by atoms with E-state index in [0.717, 1.165) is 12.0 Å². The first-order valence-corrected chi connectivity index (χ1v) is 8.20. The van der Waals surface area contributed by atoms with Crippen LogP contribution in [0.2, 0.25) is 0 Å². The van der Waals surface area contributed by atoms with Gasteiger partial charge in [0.1, 0.15) is 0 Å². The van der Waals surface area contributed by atoms with E-state index in [9.17, 15) is 19.5 Å². The summed E-state index contributed by atoms with van der Waals surface area (Å²) < 4.78 is 0. The zero-order valence-corrected chi connectivity index (χ0v) is 14.1. The normalized spacial score (nSPS) is 11.6. The fourth-order valence-corrected chi connectivity index (χ4v) is 2.46. The fourth-order valence-electron chi connectivity index (χ4n) is 2.46. The molecule has 25 heavy (non-hydrogen) atoms. The highest BCUT2D eigenvalue weighted by molar-refractivity contribution is 5.98. The van der Waals surface area contributed by atoms with Crippen LogP contribution in [0.1, 0.15) is 47.3 Å². The molecule has 0 aliphatic carbocycles. The minimum atomic E-state index is -1.14. The van der Waals surface area contributed by atoms with Crippen molar-refractivity contribution in [1.82, 2.24) is 5.32 Å². The second kappa shape index (κ2) is 8.78. The third-order valence-corrected chi connectivity index (χ3v) is 3.95. The van der Waals surface area contributed by atoms with Crippen molar-refractivity contribution >= 4 is 17.7 Å². The summed E-state index contributed by atoms with van der Waals surface area (Å²) in [7, 11) is 0. The molecule has 1 amide bonds. The average Bonchev–Trinajstić information content (AvgIpc) is 2.64. The molecule has 0 saturated heterocycles. The number of carboxylic acids is 1. The number of aryl methyl sites for hydroxylation is 1. The van der Waals surface area contributed by atoms with Crippen LogP contribution in [0.5, 0.6) is 0 Å². The van der Waals surface area contributed by atoms with E-state index in [1.54, 1.807) is 42.5 Å². The summed E-state index contributed by atoms with van der Waals surface area (Å²) in [4.78, 5) is 35.6. The molecule has 130 valence electrons. The minimum absolute atomic E-state index is 0.0401. The van der Waals surface area contributed by atoms with Crippen LogP contribution < -0.4 is 5.32 Å². The molecule has 0 spiro atoms. The van der Waals surface area contributed by atoms with E-state index in [0.29, 0.717) is 11.1 Å². The molecule has 2 aromatic rings. The first-order chi connectivity index (χ1) is 12.0. The Morgan fingerprint density at radius 1 is 0.960 bits per heavy atom. The van der Waals surface area contributed by atoms with Gasteiger partial charge in [-0.2, -0.15) is 0 Å². The molecular formula is C20H21NO4. The molecule has 1 unspecified atom stereocenters. The number of amides is 1. The molecule has 2 N–H and O–H groups in total. The molecule has 0 bridgehead atoms. The van der Waals surface area contributed by atoms with Crippen LogP contribution in [-0.2, 0) is 16.0 Å². The van der Waals surface area contributed by atoms with Gasteiger partial charge in [0.2, 0.25) is 5.91 Å². The highest BCUT2D eigenvalue weighted by Crippen LogP contribution is 2.14. The fraction of sp³-hybridized carbons (Fsp3) is 0.250. The Bertz CT molecular complexity index is 738. The second-order valence-corrected chi connectivity index (χ2v) is 5.72. The van der Waals surface area contributed by atoms with E-state index in [1.807, 2.05) is 19.1 Å². The molecule has 1 atom stereocenters. The van der Waals surface area contributed by atoms with Crippen LogP contribution in [-0.4, -0.2) is 22.8 Å². The number of carbonyl (C=O) groups excluding carboxylic acids is 2. The summed E-state index contributed by atoms with van der Waals surface area (Å²) in [5, 5.41) is 11.8. The zero-order chi connectivity index (χ0) is 18.2. The second-order valence-electron chi connectivity index (χ2n) is 5.72. The van der Waals surface area contributed by atoms with Gasteiger partial charge in [-0.25, -0.2) is 4.79 Å². The Labute approximate surface area is 146 Å². The standard InChI is InChI=1S/C20H21NO4/c1-2-14-8-10-15(11-9-14)17(22)12-13-18(23)21-19(20(24)25)16-6-4-3-5-7-16/h3-11,19H,2,12-13H2,1H3,(H,21,23)(H,24,25). The molecule has 0 aliphatic heterocycles. The lowest BCUT2D eigenvalue weighted by Gasteiger charge is -2.14. The van der Waals surface area contributed by atoms with E-state index >= 15 is 0 Å². The maximum absolute atomic E-state index is 12.1. The molecular weight excluding hydrogens is 318 g/mol. The Morgan fingerprint density at radius 3 is 2.16 bits per heavy atom. The average molecular weight is 339 g/mol. The SMILES string of the molecule is CCc1ccc(C(=O)CCC(=O)NC(C(=O)O)c2ccccc2)cc1. The Balaban J connectivity index is 1.92. The number of aliphatic carboxylic acids is 1. The van der Waals surface area contributed by atoms with E-state index < -0.39 is 17.9 Å². The first-order valence-electron chi connectivity index (χ1n) is 8.20. The first kappa shape index (κ1) is 18.4. The van der Waals surface area contributed by atoms with Gasteiger partial charge in [0.05, 0.1) is 0 Å². The summed E-state index contributed by atoms with van der Waals surface area (Å²) in [6.45, 7) is 2.03. The van der Waals surface area contributed by atoms with E-state index in [-0.39, 0.29) is 18.6 Å². The summed E-state index contributed by atoms with van der Waals surface area (Å²) in [5.74, 6) is -1.74.